The van der Waals surface area contributed by atoms with Gasteiger partial charge in [-0.15, -0.1) is 5.10 Å². The number of rotatable bonds is 13. The number of aliphatic hydroxyl groups is 1. The first kappa shape index (κ1) is 31.1. The van der Waals surface area contributed by atoms with Gasteiger partial charge in [-0.25, -0.2) is 0 Å². The molecule has 1 aliphatic rings. The Morgan fingerprint density at radius 3 is 2.50 bits per heavy atom. The Bertz CT molecular complexity index is 1550. The van der Waals surface area contributed by atoms with E-state index in [0.717, 1.165) is 16.7 Å². The lowest BCUT2D eigenvalue weighted by Gasteiger charge is -2.36. The van der Waals surface area contributed by atoms with Crippen molar-refractivity contribution in [1.82, 2.24) is 20.2 Å². The number of phenols is 1. The predicted molar refractivity (Wildman–Crippen MR) is 161 cm³/mol. The summed E-state index contributed by atoms with van der Waals surface area (Å²) in [4.78, 5) is 23.2. The van der Waals surface area contributed by atoms with Gasteiger partial charge in [0.15, 0.2) is 6.29 Å². The minimum Gasteiger partial charge on any atom is -0.508 e. The average molecular weight is 620 g/mol. The fraction of sp³-hybridized carbons (Fsp3) is 0.323. The highest BCUT2D eigenvalue weighted by Crippen LogP contribution is 2.40. The van der Waals surface area contributed by atoms with Gasteiger partial charge in [-0.3, -0.25) is 9.59 Å². The molecule has 4 aromatic rings. The van der Waals surface area contributed by atoms with E-state index in [-0.39, 0.29) is 43.3 Å². The van der Waals surface area contributed by atoms with Crippen LogP contribution in [0.25, 0.3) is 5.69 Å². The zero-order chi connectivity index (χ0) is 30.9. The molecule has 13 heteroatoms. The zero-order valence-corrected chi connectivity index (χ0v) is 24.6. The third-order valence-electron chi connectivity index (χ3n) is 7.04. The number of thioether (sulfide) groups is 1. The number of hydrogen-bond donors (Lipinski definition) is 4. The SMILES string of the molecule is O=C(O)CCCCC(=O)Nc1cccc([C@H]2O[C@@H](CSc3nnnn3-c3ccc(O)cc3)C[C@@H](c3ccc(CO)cc3)O2)c1. The first-order chi connectivity index (χ1) is 21.4. The number of carboxylic acids is 1. The summed E-state index contributed by atoms with van der Waals surface area (Å²) in [6, 6.07) is 21.5. The number of ether oxygens (including phenoxy) is 2. The minimum atomic E-state index is -0.874. The van der Waals surface area contributed by atoms with Gasteiger partial charge in [0.25, 0.3) is 0 Å². The van der Waals surface area contributed by atoms with Gasteiger partial charge in [0, 0.05) is 36.3 Å². The number of hydrogen-bond acceptors (Lipinski definition) is 10. The Labute approximate surface area is 258 Å². The van der Waals surface area contributed by atoms with Gasteiger partial charge < -0.3 is 30.1 Å². The number of carbonyl (C=O) groups is 2. The summed E-state index contributed by atoms with van der Waals surface area (Å²) >= 11 is 1.44. The van der Waals surface area contributed by atoms with Crippen LogP contribution in [0, 0.1) is 0 Å². The number of aliphatic carboxylic acids is 1. The molecule has 44 heavy (non-hydrogen) atoms. The second-order valence-corrected chi connectivity index (χ2v) is 11.3. The maximum atomic E-state index is 12.5. The van der Waals surface area contributed by atoms with E-state index in [1.165, 1.54) is 11.8 Å². The van der Waals surface area contributed by atoms with Crippen molar-refractivity contribution in [3.63, 3.8) is 0 Å². The molecule has 0 radical (unpaired) electrons. The Kier molecular flexibility index (Phi) is 10.6. The molecule has 0 saturated carbocycles. The van der Waals surface area contributed by atoms with Crippen molar-refractivity contribution in [3.05, 3.63) is 89.5 Å². The summed E-state index contributed by atoms with van der Waals surface area (Å²) in [5.74, 6) is -0.396. The molecule has 0 aliphatic carbocycles. The summed E-state index contributed by atoms with van der Waals surface area (Å²) in [7, 11) is 0. The first-order valence-electron chi connectivity index (χ1n) is 14.2. The number of aliphatic hydroxyl groups excluding tert-OH is 1. The maximum Gasteiger partial charge on any atom is 0.303 e. The van der Waals surface area contributed by atoms with Crippen molar-refractivity contribution in [2.24, 2.45) is 0 Å². The molecule has 4 N–H and O–H groups in total. The molecule has 0 spiro atoms. The van der Waals surface area contributed by atoms with E-state index in [0.29, 0.717) is 41.5 Å². The summed E-state index contributed by atoms with van der Waals surface area (Å²) in [6.45, 7) is -0.0510. The molecular formula is C31H33N5O7S. The number of carboxylic acid groups (broad SMARTS) is 1. The molecule has 1 aliphatic heterocycles. The maximum absolute atomic E-state index is 12.5. The summed E-state index contributed by atoms with van der Waals surface area (Å²) in [5, 5.41) is 43.5. The topological polar surface area (TPSA) is 169 Å². The lowest BCUT2D eigenvalue weighted by atomic mass is 10.0. The lowest BCUT2D eigenvalue weighted by Crippen LogP contribution is -2.31. The molecule has 1 amide bonds. The molecule has 230 valence electrons. The number of anilines is 1. The fourth-order valence-corrected chi connectivity index (χ4v) is 5.67. The molecule has 3 atom stereocenters. The molecule has 2 heterocycles. The Morgan fingerprint density at radius 2 is 1.75 bits per heavy atom. The highest BCUT2D eigenvalue weighted by molar-refractivity contribution is 7.99. The highest BCUT2D eigenvalue weighted by Gasteiger charge is 2.33. The number of aromatic hydroxyl groups is 1. The second-order valence-electron chi connectivity index (χ2n) is 10.3. The van der Waals surface area contributed by atoms with Crippen molar-refractivity contribution < 1.29 is 34.4 Å². The standard InChI is InChI=1S/C31H33N5O7S/c37-18-20-8-10-21(11-9-20)27-17-26(19-44-31-33-34-35-36(31)24-12-14-25(38)15-13-24)42-30(43-27)22-4-3-5-23(16-22)32-28(39)6-1-2-7-29(40)41/h3-5,8-16,26-27,30,37-38H,1-2,6-7,17-19H2,(H,32,39)(H,40,41)/t26-,27+,30+/m1/s1. The summed E-state index contributed by atoms with van der Waals surface area (Å²) < 4.78 is 14.5. The average Bonchev–Trinajstić information content (AvgIpc) is 3.51. The van der Waals surface area contributed by atoms with Crippen LogP contribution in [0.15, 0.2) is 78.0 Å². The van der Waals surface area contributed by atoms with Gasteiger partial charge in [0.05, 0.1) is 24.5 Å². The Hall–Kier alpha value is -4.30. The number of unbranched alkanes of at least 4 members (excludes halogenated alkanes) is 1. The number of carbonyl (C=O) groups excluding carboxylic acids is 1. The van der Waals surface area contributed by atoms with Crippen LogP contribution in [0.3, 0.4) is 0 Å². The predicted octanol–water partition coefficient (Wildman–Crippen LogP) is 4.78. The molecule has 1 saturated heterocycles. The van der Waals surface area contributed by atoms with Crippen LogP contribution in [-0.4, -0.2) is 59.3 Å². The van der Waals surface area contributed by atoms with Crippen LogP contribution in [-0.2, 0) is 25.7 Å². The van der Waals surface area contributed by atoms with E-state index in [4.69, 9.17) is 14.6 Å². The fourth-order valence-electron chi connectivity index (χ4n) is 4.76. The van der Waals surface area contributed by atoms with Crippen molar-refractivity contribution >= 4 is 29.3 Å². The van der Waals surface area contributed by atoms with Gasteiger partial charge in [-0.05, 0) is 70.8 Å². The lowest BCUT2D eigenvalue weighted by molar-refractivity contribution is -0.245. The van der Waals surface area contributed by atoms with E-state index in [2.05, 4.69) is 20.8 Å². The Morgan fingerprint density at radius 1 is 0.977 bits per heavy atom. The molecule has 0 bridgehead atoms. The molecule has 3 aromatic carbocycles. The summed E-state index contributed by atoms with van der Waals surface area (Å²) in [6.07, 6.45) is 0.475. The van der Waals surface area contributed by atoms with Crippen molar-refractivity contribution in [1.29, 1.82) is 0 Å². The molecule has 5 rings (SSSR count). The molecule has 12 nitrogen and oxygen atoms in total. The number of amides is 1. The molecular weight excluding hydrogens is 586 g/mol. The van der Waals surface area contributed by atoms with E-state index in [1.54, 1.807) is 35.0 Å². The molecule has 0 unspecified atom stereocenters. The monoisotopic (exact) mass is 619 g/mol. The molecule has 1 fully saturated rings. The van der Waals surface area contributed by atoms with E-state index < -0.39 is 12.3 Å². The number of nitrogens with zero attached hydrogens (tertiary/aromatic N) is 4. The molecule has 1 aromatic heterocycles. The van der Waals surface area contributed by atoms with Crippen LogP contribution in [0.2, 0.25) is 0 Å². The third-order valence-corrected chi connectivity index (χ3v) is 8.09. The summed E-state index contributed by atoms with van der Waals surface area (Å²) in [5.41, 5.74) is 3.78. The van der Waals surface area contributed by atoms with Crippen molar-refractivity contribution in [2.45, 2.75) is 62.4 Å². The van der Waals surface area contributed by atoms with Crippen LogP contribution in [0.1, 0.15) is 61.2 Å². The van der Waals surface area contributed by atoms with Gasteiger partial charge in [-0.2, -0.15) is 4.68 Å². The number of phenolic OH excluding ortho intramolecular Hbond substituents is 1. The third kappa shape index (κ3) is 8.41. The number of nitrogens with one attached hydrogen (secondary N) is 1. The van der Waals surface area contributed by atoms with Gasteiger partial charge in [-0.1, -0.05) is 48.2 Å². The number of tetrazole rings is 1. The van der Waals surface area contributed by atoms with Gasteiger partial charge >= 0.3 is 5.97 Å². The Balaban J connectivity index is 1.30. The van der Waals surface area contributed by atoms with Gasteiger partial charge in [0.1, 0.15) is 5.75 Å². The quantitative estimate of drug-likeness (QED) is 0.120. The van der Waals surface area contributed by atoms with Crippen LogP contribution in [0.5, 0.6) is 5.75 Å². The smallest absolute Gasteiger partial charge is 0.303 e. The number of benzene rings is 3. The van der Waals surface area contributed by atoms with Crippen LogP contribution >= 0.6 is 11.8 Å². The first-order valence-corrected chi connectivity index (χ1v) is 15.2. The van der Waals surface area contributed by atoms with Crippen molar-refractivity contribution in [3.8, 4) is 11.4 Å². The van der Waals surface area contributed by atoms with Gasteiger partial charge in [0.2, 0.25) is 11.1 Å². The number of aromatic nitrogens is 4. The van der Waals surface area contributed by atoms with E-state index >= 15 is 0 Å². The zero-order valence-electron chi connectivity index (χ0n) is 23.8. The minimum absolute atomic E-state index is 0.0359. The van der Waals surface area contributed by atoms with E-state index in [9.17, 15) is 19.8 Å². The second kappa shape index (κ2) is 14.9. The van der Waals surface area contributed by atoms with Crippen LogP contribution < -0.4 is 5.32 Å². The van der Waals surface area contributed by atoms with Crippen molar-refractivity contribution in [2.75, 3.05) is 11.1 Å². The largest absolute Gasteiger partial charge is 0.508 e. The highest BCUT2D eigenvalue weighted by atomic mass is 32.2. The van der Waals surface area contributed by atoms with Crippen LogP contribution in [0.4, 0.5) is 5.69 Å². The normalized spacial score (nSPS) is 18.2. The van der Waals surface area contributed by atoms with E-state index in [1.807, 2.05) is 42.5 Å².